The van der Waals surface area contributed by atoms with Gasteiger partial charge in [0.2, 0.25) is 0 Å². The quantitative estimate of drug-likeness (QED) is 0.745. The predicted molar refractivity (Wildman–Crippen MR) is 59.5 cm³/mol. The van der Waals surface area contributed by atoms with Gasteiger partial charge in [-0.25, -0.2) is 0 Å². The number of rotatable bonds is 5. The van der Waals surface area contributed by atoms with Crippen molar-refractivity contribution in [3.05, 3.63) is 30.1 Å². The number of nitrogens with one attached hydrogen (secondary N) is 1. The molecule has 0 saturated carbocycles. The maximum atomic E-state index is 5.56. The van der Waals surface area contributed by atoms with Crippen LogP contribution in [0.1, 0.15) is 24.8 Å². The van der Waals surface area contributed by atoms with Gasteiger partial charge >= 0.3 is 0 Å². The number of ether oxygens (including phenoxy) is 1. The molecular formula is C12H18N2O. The van der Waals surface area contributed by atoms with Crippen molar-refractivity contribution in [3.8, 4) is 0 Å². The van der Waals surface area contributed by atoms with Crippen LogP contribution < -0.4 is 5.32 Å². The van der Waals surface area contributed by atoms with E-state index in [2.05, 4.69) is 10.3 Å². The maximum absolute atomic E-state index is 5.56. The number of hydrogen-bond acceptors (Lipinski definition) is 3. The van der Waals surface area contributed by atoms with Crippen LogP contribution >= 0.6 is 0 Å². The topological polar surface area (TPSA) is 34.1 Å². The highest BCUT2D eigenvalue weighted by atomic mass is 16.5. The Morgan fingerprint density at radius 2 is 2.27 bits per heavy atom. The average Bonchev–Trinajstić information content (AvgIpc) is 2.79. The lowest BCUT2D eigenvalue weighted by atomic mass is 10.2. The van der Waals surface area contributed by atoms with Crippen LogP contribution in [0.3, 0.4) is 0 Å². The van der Waals surface area contributed by atoms with Crippen LogP contribution in [-0.2, 0) is 11.3 Å². The summed E-state index contributed by atoms with van der Waals surface area (Å²) in [6, 6.07) is 4.08. The van der Waals surface area contributed by atoms with E-state index in [4.69, 9.17) is 4.74 Å². The molecule has 0 bridgehead atoms. The summed E-state index contributed by atoms with van der Waals surface area (Å²) >= 11 is 0. The lowest BCUT2D eigenvalue weighted by Gasteiger charge is -2.09. The summed E-state index contributed by atoms with van der Waals surface area (Å²) in [4.78, 5) is 3.99. The molecule has 0 aliphatic carbocycles. The maximum Gasteiger partial charge on any atom is 0.0588 e. The van der Waals surface area contributed by atoms with E-state index in [1.807, 2.05) is 24.5 Å². The molecule has 1 atom stereocenters. The molecule has 2 rings (SSSR count). The molecule has 0 unspecified atom stereocenters. The zero-order chi connectivity index (χ0) is 10.3. The minimum Gasteiger partial charge on any atom is -0.378 e. The van der Waals surface area contributed by atoms with E-state index in [0.717, 1.165) is 26.1 Å². The lowest BCUT2D eigenvalue weighted by molar-refractivity contribution is 0.104. The Kier molecular flexibility index (Phi) is 4.11. The van der Waals surface area contributed by atoms with Gasteiger partial charge in [0.05, 0.1) is 6.10 Å². The van der Waals surface area contributed by atoms with Gasteiger partial charge in [-0.05, 0) is 43.5 Å². The van der Waals surface area contributed by atoms with Crippen LogP contribution in [0.2, 0.25) is 0 Å². The van der Waals surface area contributed by atoms with Crippen LogP contribution in [0.5, 0.6) is 0 Å². The van der Waals surface area contributed by atoms with Gasteiger partial charge in [-0.15, -0.1) is 0 Å². The summed E-state index contributed by atoms with van der Waals surface area (Å²) in [5.74, 6) is 0. The summed E-state index contributed by atoms with van der Waals surface area (Å²) in [5, 5.41) is 3.42. The fourth-order valence-electron chi connectivity index (χ4n) is 1.87. The van der Waals surface area contributed by atoms with Crippen LogP contribution in [0.4, 0.5) is 0 Å². The van der Waals surface area contributed by atoms with Crippen molar-refractivity contribution in [2.24, 2.45) is 0 Å². The Morgan fingerprint density at radius 1 is 1.40 bits per heavy atom. The van der Waals surface area contributed by atoms with E-state index in [1.54, 1.807) is 0 Å². The second-order valence-corrected chi connectivity index (χ2v) is 3.96. The number of nitrogens with zero attached hydrogens (tertiary/aromatic N) is 1. The first-order chi connectivity index (χ1) is 7.45. The molecule has 1 aromatic heterocycles. The molecule has 3 nitrogen and oxygen atoms in total. The first-order valence-corrected chi connectivity index (χ1v) is 5.66. The first kappa shape index (κ1) is 10.6. The molecule has 1 aliphatic heterocycles. The number of pyridine rings is 1. The van der Waals surface area contributed by atoms with Crippen molar-refractivity contribution in [2.75, 3.05) is 13.2 Å². The van der Waals surface area contributed by atoms with Gasteiger partial charge in [0.25, 0.3) is 0 Å². The van der Waals surface area contributed by atoms with E-state index < -0.39 is 0 Å². The van der Waals surface area contributed by atoms with Gasteiger partial charge in [-0.1, -0.05) is 0 Å². The van der Waals surface area contributed by atoms with Gasteiger partial charge in [-0.2, -0.15) is 0 Å². The third-order valence-corrected chi connectivity index (χ3v) is 2.75. The molecule has 15 heavy (non-hydrogen) atoms. The van der Waals surface area contributed by atoms with Crippen molar-refractivity contribution in [3.63, 3.8) is 0 Å². The molecule has 2 heterocycles. The third kappa shape index (κ3) is 3.61. The fourth-order valence-corrected chi connectivity index (χ4v) is 1.87. The molecule has 1 fully saturated rings. The van der Waals surface area contributed by atoms with Gasteiger partial charge < -0.3 is 10.1 Å². The standard InChI is InChI=1S/C12H18N2O/c1-2-12(15-9-1)5-8-14-10-11-3-6-13-7-4-11/h3-4,6-7,12,14H,1-2,5,8-10H2/t12-/m0/s1. The highest BCUT2D eigenvalue weighted by Crippen LogP contribution is 2.14. The van der Waals surface area contributed by atoms with Crippen molar-refractivity contribution in [1.82, 2.24) is 10.3 Å². The Bertz CT molecular complexity index is 270. The smallest absolute Gasteiger partial charge is 0.0588 e. The molecular weight excluding hydrogens is 188 g/mol. The monoisotopic (exact) mass is 206 g/mol. The van der Waals surface area contributed by atoms with Gasteiger partial charge in [-0.3, -0.25) is 4.98 Å². The number of hydrogen-bond donors (Lipinski definition) is 1. The molecule has 1 N–H and O–H groups in total. The molecule has 0 radical (unpaired) electrons. The molecule has 0 spiro atoms. The normalized spacial score (nSPS) is 20.7. The largest absolute Gasteiger partial charge is 0.378 e. The Hall–Kier alpha value is -0.930. The second-order valence-electron chi connectivity index (χ2n) is 3.96. The summed E-state index contributed by atoms with van der Waals surface area (Å²) in [5.41, 5.74) is 1.29. The Labute approximate surface area is 90.9 Å². The lowest BCUT2D eigenvalue weighted by Crippen LogP contribution is -2.19. The summed E-state index contributed by atoms with van der Waals surface area (Å²) in [6.45, 7) is 2.91. The highest BCUT2D eigenvalue weighted by Gasteiger charge is 2.14. The van der Waals surface area contributed by atoms with Gasteiger partial charge in [0.15, 0.2) is 0 Å². The van der Waals surface area contributed by atoms with Crippen molar-refractivity contribution in [1.29, 1.82) is 0 Å². The molecule has 82 valence electrons. The highest BCUT2D eigenvalue weighted by molar-refractivity contribution is 5.08. The van der Waals surface area contributed by atoms with Gasteiger partial charge in [0, 0.05) is 25.5 Å². The van der Waals surface area contributed by atoms with Crippen molar-refractivity contribution >= 4 is 0 Å². The van der Waals surface area contributed by atoms with E-state index >= 15 is 0 Å². The van der Waals surface area contributed by atoms with Gasteiger partial charge in [0.1, 0.15) is 0 Å². The summed E-state index contributed by atoms with van der Waals surface area (Å²) in [7, 11) is 0. The third-order valence-electron chi connectivity index (χ3n) is 2.75. The van der Waals surface area contributed by atoms with E-state index in [9.17, 15) is 0 Å². The first-order valence-electron chi connectivity index (χ1n) is 5.66. The van der Waals surface area contributed by atoms with E-state index in [0.29, 0.717) is 6.10 Å². The van der Waals surface area contributed by atoms with Crippen molar-refractivity contribution in [2.45, 2.75) is 31.9 Å². The van der Waals surface area contributed by atoms with Crippen molar-refractivity contribution < 1.29 is 4.74 Å². The molecule has 1 saturated heterocycles. The van der Waals surface area contributed by atoms with Crippen LogP contribution in [0, 0.1) is 0 Å². The Balaban J connectivity index is 1.59. The minimum absolute atomic E-state index is 0.495. The van der Waals surface area contributed by atoms with E-state index in [1.165, 1.54) is 18.4 Å². The van der Waals surface area contributed by atoms with Crippen LogP contribution in [0.25, 0.3) is 0 Å². The molecule has 0 amide bonds. The average molecular weight is 206 g/mol. The number of aromatic nitrogens is 1. The molecule has 3 heteroatoms. The fraction of sp³-hybridized carbons (Fsp3) is 0.583. The summed E-state index contributed by atoms with van der Waals surface area (Å²) < 4.78 is 5.56. The molecule has 1 aromatic rings. The minimum atomic E-state index is 0.495. The van der Waals surface area contributed by atoms with Crippen LogP contribution in [0.15, 0.2) is 24.5 Å². The zero-order valence-corrected chi connectivity index (χ0v) is 8.98. The Morgan fingerprint density at radius 3 is 3.00 bits per heavy atom. The zero-order valence-electron chi connectivity index (χ0n) is 8.98. The summed E-state index contributed by atoms with van der Waals surface area (Å²) in [6.07, 6.45) is 7.75. The van der Waals surface area contributed by atoms with E-state index in [-0.39, 0.29) is 0 Å². The predicted octanol–water partition coefficient (Wildman–Crippen LogP) is 1.74. The van der Waals surface area contributed by atoms with Crippen LogP contribution in [-0.4, -0.2) is 24.2 Å². The molecule has 1 aliphatic rings. The SMILES string of the molecule is c1cc(CNCC[C@@H]2CCCO2)ccn1. The molecule has 0 aromatic carbocycles. The second kappa shape index (κ2) is 5.83.